The Balaban J connectivity index is 1.48. The first-order valence-corrected chi connectivity index (χ1v) is 13.1. The topological polar surface area (TPSA) is 124 Å². The Morgan fingerprint density at radius 3 is 2.55 bits per heavy atom. The van der Waals surface area contributed by atoms with Crippen molar-refractivity contribution >= 4 is 40.9 Å². The molecule has 4 heterocycles. The third-order valence-electron chi connectivity index (χ3n) is 7.24. The minimum atomic E-state index is -3.02. The fraction of sp³-hybridized carbons (Fsp3) is 0.346. The molecule has 0 spiro atoms. The van der Waals surface area contributed by atoms with E-state index >= 15 is 0 Å². The molecule has 210 valence electrons. The third-order valence-corrected chi connectivity index (χ3v) is 7.98. The largest absolute Gasteiger partial charge is 0.417 e. The van der Waals surface area contributed by atoms with E-state index in [4.69, 9.17) is 28.9 Å². The number of nitrogens with two attached hydrogens (primary N) is 1. The fourth-order valence-electron chi connectivity index (χ4n) is 5.09. The number of fused-ring (bicyclic) bond motifs is 3. The number of halogens is 4. The molecule has 40 heavy (non-hydrogen) atoms. The van der Waals surface area contributed by atoms with Crippen molar-refractivity contribution in [1.29, 1.82) is 0 Å². The lowest BCUT2D eigenvalue weighted by molar-refractivity contribution is -0.122. The van der Waals surface area contributed by atoms with Gasteiger partial charge < -0.3 is 20.3 Å². The molecule has 2 aliphatic heterocycles. The van der Waals surface area contributed by atoms with E-state index in [0.29, 0.717) is 33.8 Å². The summed E-state index contributed by atoms with van der Waals surface area (Å²) in [6, 6.07) is 5.59. The number of nitrogens with zero attached hydrogens (tertiary/aromatic N) is 5. The number of ether oxygens (including phenoxy) is 1. The van der Waals surface area contributed by atoms with E-state index in [1.165, 1.54) is 34.0 Å². The smallest absolute Gasteiger partial charge is 0.388 e. The number of pyridine rings is 1. The Bertz CT molecular complexity index is 1500. The van der Waals surface area contributed by atoms with Crippen LogP contribution in [0.1, 0.15) is 63.6 Å². The van der Waals surface area contributed by atoms with E-state index in [1.807, 2.05) is 6.92 Å². The van der Waals surface area contributed by atoms with Gasteiger partial charge in [-0.3, -0.25) is 14.4 Å². The highest BCUT2D eigenvalue weighted by molar-refractivity contribution is 6.42. The number of benzene rings is 1. The lowest BCUT2D eigenvalue weighted by atomic mass is 9.96. The zero-order chi connectivity index (χ0) is 28.9. The van der Waals surface area contributed by atoms with Gasteiger partial charge in [0.15, 0.2) is 0 Å². The van der Waals surface area contributed by atoms with Gasteiger partial charge in [-0.2, -0.15) is 13.9 Å². The first kappa shape index (κ1) is 27.8. The highest BCUT2D eigenvalue weighted by atomic mass is 35.5. The number of primary amides is 1. The van der Waals surface area contributed by atoms with Crippen molar-refractivity contribution in [1.82, 2.24) is 24.6 Å². The van der Waals surface area contributed by atoms with Crippen molar-refractivity contribution in [3.8, 4) is 5.88 Å². The van der Waals surface area contributed by atoms with Gasteiger partial charge in [0.25, 0.3) is 11.8 Å². The molecule has 10 nitrogen and oxygen atoms in total. The minimum Gasteiger partial charge on any atom is -0.417 e. The van der Waals surface area contributed by atoms with E-state index in [9.17, 15) is 23.2 Å². The van der Waals surface area contributed by atoms with Crippen LogP contribution in [0.3, 0.4) is 0 Å². The van der Waals surface area contributed by atoms with Crippen LogP contribution in [-0.4, -0.2) is 61.5 Å². The van der Waals surface area contributed by atoms with Crippen LogP contribution in [0.25, 0.3) is 0 Å². The van der Waals surface area contributed by atoms with E-state index in [-0.39, 0.29) is 41.6 Å². The molecule has 0 aliphatic carbocycles. The van der Waals surface area contributed by atoms with Crippen LogP contribution in [0.15, 0.2) is 36.5 Å². The van der Waals surface area contributed by atoms with Gasteiger partial charge in [-0.25, -0.2) is 9.67 Å². The van der Waals surface area contributed by atoms with Crippen molar-refractivity contribution in [2.75, 3.05) is 6.54 Å². The molecule has 2 aliphatic rings. The zero-order valence-corrected chi connectivity index (χ0v) is 22.9. The predicted octanol–water partition coefficient (Wildman–Crippen LogP) is 4.02. The molecule has 0 radical (unpaired) electrons. The number of hydrogen-bond donors (Lipinski definition) is 1. The molecule has 0 unspecified atom stereocenters. The Morgan fingerprint density at radius 1 is 1.18 bits per heavy atom. The third kappa shape index (κ3) is 4.97. The Hall–Kier alpha value is -3.77. The minimum absolute atomic E-state index is 0.0559. The molecule has 0 fully saturated rings. The van der Waals surface area contributed by atoms with Gasteiger partial charge in [0.05, 0.1) is 34.9 Å². The van der Waals surface area contributed by atoms with Crippen molar-refractivity contribution in [2.45, 2.75) is 51.6 Å². The van der Waals surface area contributed by atoms with Crippen LogP contribution in [0.4, 0.5) is 8.78 Å². The van der Waals surface area contributed by atoms with E-state index in [2.05, 4.69) is 14.8 Å². The summed E-state index contributed by atoms with van der Waals surface area (Å²) in [6.45, 7) is 0.590. The summed E-state index contributed by atoms with van der Waals surface area (Å²) in [5.74, 6) is -1.66. The van der Waals surface area contributed by atoms with E-state index < -0.39 is 30.5 Å². The molecule has 0 saturated heterocycles. The maximum atomic E-state index is 13.9. The standard InChI is InChI=1S/C26H24Cl2F2N6O4/c1-12-7-19-16(10-34(12)24(38)14-3-5-17(27)18(28)8-14)22-25(39)35(11-20(23(31)37)36(22)33-19)13(2)15-4-6-21(32-9-15)40-26(29)30/h3-6,8-9,12-13,20,26H,7,10-11H2,1-2H3,(H2,31,37)/t12-,13-,20+/m1/s1. The second-order valence-electron chi connectivity index (χ2n) is 9.69. The van der Waals surface area contributed by atoms with Crippen LogP contribution in [0.2, 0.25) is 10.0 Å². The summed E-state index contributed by atoms with van der Waals surface area (Å²) in [6.07, 6.45) is 1.68. The molecule has 1 aromatic carbocycles. The highest BCUT2D eigenvalue weighted by Crippen LogP contribution is 2.36. The molecular weight excluding hydrogens is 569 g/mol. The molecule has 0 bridgehead atoms. The summed E-state index contributed by atoms with van der Waals surface area (Å²) >= 11 is 12.1. The van der Waals surface area contributed by atoms with Gasteiger partial charge in [-0.05, 0) is 37.6 Å². The highest BCUT2D eigenvalue weighted by Gasteiger charge is 2.43. The molecule has 3 amide bonds. The number of aromatic nitrogens is 3. The van der Waals surface area contributed by atoms with Crippen LogP contribution in [0.5, 0.6) is 5.88 Å². The first-order chi connectivity index (χ1) is 19.0. The van der Waals surface area contributed by atoms with E-state index in [1.54, 1.807) is 24.0 Å². The van der Waals surface area contributed by atoms with Crippen LogP contribution in [-0.2, 0) is 17.8 Å². The Labute approximate surface area is 237 Å². The first-order valence-electron chi connectivity index (χ1n) is 12.3. The molecule has 5 rings (SSSR count). The lowest BCUT2D eigenvalue weighted by Crippen LogP contribution is -2.49. The summed E-state index contributed by atoms with van der Waals surface area (Å²) in [5, 5.41) is 5.15. The quantitative estimate of drug-likeness (QED) is 0.461. The Kier molecular flexibility index (Phi) is 7.40. The van der Waals surface area contributed by atoms with Crippen molar-refractivity contribution in [3.63, 3.8) is 0 Å². The summed E-state index contributed by atoms with van der Waals surface area (Å²) in [7, 11) is 0. The van der Waals surface area contributed by atoms with Gasteiger partial charge in [0.1, 0.15) is 11.7 Å². The maximum absolute atomic E-state index is 13.9. The summed E-state index contributed by atoms with van der Waals surface area (Å²) in [4.78, 5) is 46.8. The monoisotopic (exact) mass is 592 g/mol. The SMILES string of the molecule is C[C@@H]1Cc2nn3c(c2CN1C(=O)c1ccc(Cl)c(Cl)c1)C(=O)N([C@H](C)c1ccc(OC(F)F)nc1)C[C@H]3C(N)=O. The van der Waals surface area contributed by atoms with Crippen molar-refractivity contribution < 1.29 is 27.9 Å². The number of carbonyl (C=O) groups is 3. The number of rotatable bonds is 6. The second-order valence-corrected chi connectivity index (χ2v) is 10.5. The molecule has 0 saturated carbocycles. The average Bonchev–Trinajstić information content (AvgIpc) is 3.27. The molecular formula is C26H24Cl2F2N6O4. The van der Waals surface area contributed by atoms with Crippen LogP contribution in [0, 0.1) is 0 Å². The molecule has 14 heteroatoms. The number of carbonyl (C=O) groups excluding carboxylic acids is 3. The van der Waals surface area contributed by atoms with Gasteiger partial charge in [-0.1, -0.05) is 29.3 Å². The van der Waals surface area contributed by atoms with Gasteiger partial charge in [-0.15, -0.1) is 0 Å². The summed E-state index contributed by atoms with van der Waals surface area (Å²) in [5.41, 5.74) is 7.90. The van der Waals surface area contributed by atoms with Gasteiger partial charge in [0, 0.05) is 35.9 Å². The fourth-order valence-corrected chi connectivity index (χ4v) is 5.39. The Morgan fingerprint density at radius 2 is 1.93 bits per heavy atom. The number of hydrogen-bond acceptors (Lipinski definition) is 6. The normalized spacial score (nSPS) is 19.3. The van der Waals surface area contributed by atoms with Crippen LogP contribution < -0.4 is 10.5 Å². The average molecular weight is 593 g/mol. The second kappa shape index (κ2) is 10.7. The van der Waals surface area contributed by atoms with Gasteiger partial charge >= 0.3 is 6.61 Å². The van der Waals surface area contributed by atoms with Crippen molar-refractivity contribution in [3.05, 3.63) is 74.7 Å². The number of alkyl halides is 2. The maximum Gasteiger partial charge on any atom is 0.388 e. The molecule has 2 aromatic heterocycles. The van der Waals surface area contributed by atoms with Gasteiger partial charge in [0.2, 0.25) is 11.8 Å². The lowest BCUT2D eigenvalue weighted by Gasteiger charge is -2.37. The zero-order valence-electron chi connectivity index (χ0n) is 21.4. The molecule has 3 aromatic rings. The molecule has 3 atom stereocenters. The molecule has 2 N–H and O–H groups in total. The predicted molar refractivity (Wildman–Crippen MR) is 140 cm³/mol. The number of amides is 3. The van der Waals surface area contributed by atoms with E-state index in [0.717, 1.165) is 0 Å². The van der Waals surface area contributed by atoms with Crippen LogP contribution >= 0.6 is 23.2 Å². The summed E-state index contributed by atoms with van der Waals surface area (Å²) < 4.78 is 30.7. The van der Waals surface area contributed by atoms with Crippen molar-refractivity contribution in [2.24, 2.45) is 5.73 Å².